The van der Waals surface area contributed by atoms with Crippen molar-refractivity contribution in [1.29, 1.82) is 0 Å². The van der Waals surface area contributed by atoms with Gasteiger partial charge in [0.25, 0.3) is 5.91 Å². The van der Waals surface area contributed by atoms with Gasteiger partial charge in [0.1, 0.15) is 10.4 Å². The molecule has 0 spiro atoms. The Morgan fingerprint density at radius 3 is 2.94 bits per heavy atom. The van der Waals surface area contributed by atoms with Gasteiger partial charge < -0.3 is 9.73 Å². The third-order valence-electron chi connectivity index (χ3n) is 2.24. The number of anilines is 1. The van der Waals surface area contributed by atoms with Crippen molar-refractivity contribution in [2.75, 3.05) is 5.32 Å². The third kappa shape index (κ3) is 2.74. The summed E-state index contributed by atoms with van der Waals surface area (Å²) in [4.78, 5) is 15.9. The zero-order chi connectivity index (χ0) is 12.3. The molecule has 0 aromatic carbocycles. The standard InChI is InChI=1S/C12H11BrN2O2/c1-2-8-5-6-10(17-8)12(16)15-9-4-3-7-14-11(9)13/h3-7H,2H2,1H3,(H,15,16). The molecule has 0 saturated carbocycles. The van der Waals surface area contributed by atoms with Gasteiger partial charge in [-0.05, 0) is 40.2 Å². The maximum absolute atomic E-state index is 11.8. The molecular formula is C12H11BrN2O2. The lowest BCUT2D eigenvalue weighted by atomic mass is 10.3. The smallest absolute Gasteiger partial charge is 0.291 e. The van der Waals surface area contributed by atoms with Crippen molar-refractivity contribution in [2.24, 2.45) is 0 Å². The first-order valence-electron chi connectivity index (χ1n) is 5.21. The molecule has 2 rings (SSSR count). The fraction of sp³-hybridized carbons (Fsp3) is 0.167. The van der Waals surface area contributed by atoms with E-state index >= 15 is 0 Å². The normalized spacial score (nSPS) is 10.2. The molecule has 17 heavy (non-hydrogen) atoms. The van der Waals surface area contributed by atoms with Crippen molar-refractivity contribution in [1.82, 2.24) is 4.98 Å². The summed E-state index contributed by atoms with van der Waals surface area (Å²) in [6, 6.07) is 6.98. The van der Waals surface area contributed by atoms with Crippen LogP contribution in [0.1, 0.15) is 23.2 Å². The number of rotatable bonds is 3. The van der Waals surface area contributed by atoms with Crippen LogP contribution in [0.2, 0.25) is 0 Å². The molecule has 0 aliphatic heterocycles. The van der Waals surface area contributed by atoms with Gasteiger partial charge in [-0.15, -0.1) is 0 Å². The Labute approximate surface area is 107 Å². The zero-order valence-electron chi connectivity index (χ0n) is 9.24. The van der Waals surface area contributed by atoms with Crippen LogP contribution in [-0.4, -0.2) is 10.9 Å². The Morgan fingerprint density at radius 2 is 2.29 bits per heavy atom. The number of aryl methyl sites for hydroxylation is 1. The number of hydrogen-bond donors (Lipinski definition) is 1. The van der Waals surface area contributed by atoms with Gasteiger partial charge in [0, 0.05) is 12.6 Å². The largest absolute Gasteiger partial charge is 0.456 e. The van der Waals surface area contributed by atoms with Gasteiger partial charge in [-0.2, -0.15) is 0 Å². The summed E-state index contributed by atoms with van der Waals surface area (Å²) in [5.74, 6) is 0.816. The topological polar surface area (TPSA) is 55.1 Å². The molecule has 4 nitrogen and oxygen atoms in total. The lowest BCUT2D eigenvalue weighted by Crippen LogP contribution is -2.11. The maximum atomic E-state index is 11.8. The monoisotopic (exact) mass is 294 g/mol. The minimum Gasteiger partial charge on any atom is -0.456 e. The molecule has 0 bridgehead atoms. The Balaban J connectivity index is 2.14. The summed E-state index contributed by atoms with van der Waals surface area (Å²) in [5.41, 5.74) is 0.618. The van der Waals surface area contributed by atoms with Crippen LogP contribution in [0.5, 0.6) is 0 Å². The molecule has 5 heteroatoms. The van der Waals surface area contributed by atoms with E-state index in [1.165, 1.54) is 0 Å². The SMILES string of the molecule is CCc1ccc(C(=O)Nc2cccnc2Br)o1. The fourth-order valence-corrected chi connectivity index (χ4v) is 1.70. The molecule has 2 aromatic heterocycles. The average molecular weight is 295 g/mol. The van der Waals surface area contributed by atoms with E-state index in [2.05, 4.69) is 26.2 Å². The summed E-state index contributed by atoms with van der Waals surface area (Å²) >= 11 is 3.26. The summed E-state index contributed by atoms with van der Waals surface area (Å²) < 4.78 is 5.95. The van der Waals surface area contributed by atoms with Crippen LogP contribution in [-0.2, 0) is 6.42 Å². The number of hydrogen-bond acceptors (Lipinski definition) is 3. The summed E-state index contributed by atoms with van der Waals surface area (Å²) in [5, 5.41) is 2.72. The van der Waals surface area contributed by atoms with Gasteiger partial charge in [0.05, 0.1) is 5.69 Å². The molecule has 2 aromatic rings. The predicted octanol–water partition coefficient (Wildman–Crippen LogP) is 3.25. The highest BCUT2D eigenvalue weighted by atomic mass is 79.9. The minimum atomic E-state index is -0.279. The molecule has 0 atom stereocenters. The van der Waals surface area contributed by atoms with E-state index in [1.807, 2.05) is 6.92 Å². The van der Waals surface area contributed by atoms with E-state index < -0.39 is 0 Å². The quantitative estimate of drug-likeness (QED) is 0.884. The Bertz CT molecular complexity index is 537. The zero-order valence-corrected chi connectivity index (χ0v) is 10.8. The summed E-state index contributed by atoms with van der Waals surface area (Å²) in [7, 11) is 0. The first-order valence-corrected chi connectivity index (χ1v) is 6.00. The molecule has 0 aliphatic rings. The van der Waals surface area contributed by atoms with Crippen molar-refractivity contribution < 1.29 is 9.21 Å². The van der Waals surface area contributed by atoms with Crippen LogP contribution in [0.15, 0.2) is 39.5 Å². The number of halogens is 1. The second-order valence-electron chi connectivity index (χ2n) is 3.42. The molecule has 0 fully saturated rings. The highest BCUT2D eigenvalue weighted by molar-refractivity contribution is 9.10. The first-order chi connectivity index (χ1) is 8.20. The first kappa shape index (κ1) is 11.9. The molecule has 0 saturated heterocycles. The van der Waals surface area contributed by atoms with E-state index in [4.69, 9.17) is 4.42 Å². The average Bonchev–Trinajstić information content (AvgIpc) is 2.81. The van der Waals surface area contributed by atoms with Crippen molar-refractivity contribution in [3.63, 3.8) is 0 Å². The van der Waals surface area contributed by atoms with Crippen LogP contribution in [0, 0.1) is 0 Å². The van der Waals surface area contributed by atoms with Crippen LogP contribution in [0.3, 0.4) is 0 Å². The molecule has 0 unspecified atom stereocenters. The van der Waals surface area contributed by atoms with E-state index in [0.29, 0.717) is 16.1 Å². The van der Waals surface area contributed by atoms with Gasteiger partial charge in [0.15, 0.2) is 5.76 Å². The van der Waals surface area contributed by atoms with Gasteiger partial charge in [-0.3, -0.25) is 4.79 Å². The van der Waals surface area contributed by atoms with Gasteiger partial charge in [-0.25, -0.2) is 4.98 Å². The number of amides is 1. The van der Waals surface area contributed by atoms with Crippen LogP contribution < -0.4 is 5.32 Å². The number of aromatic nitrogens is 1. The maximum Gasteiger partial charge on any atom is 0.291 e. The third-order valence-corrected chi connectivity index (χ3v) is 2.87. The fourth-order valence-electron chi connectivity index (χ4n) is 1.35. The van der Waals surface area contributed by atoms with Crippen LogP contribution in [0.25, 0.3) is 0 Å². The van der Waals surface area contributed by atoms with Crippen molar-refractivity contribution >= 4 is 27.5 Å². The van der Waals surface area contributed by atoms with Crippen molar-refractivity contribution in [2.45, 2.75) is 13.3 Å². The summed E-state index contributed by atoms with van der Waals surface area (Å²) in [6.07, 6.45) is 2.41. The number of carbonyl (C=O) groups excluding carboxylic acids is 1. The Morgan fingerprint density at radius 1 is 1.47 bits per heavy atom. The molecular weight excluding hydrogens is 284 g/mol. The summed E-state index contributed by atoms with van der Waals surface area (Å²) in [6.45, 7) is 1.97. The molecule has 1 amide bonds. The van der Waals surface area contributed by atoms with Crippen LogP contribution >= 0.6 is 15.9 Å². The number of nitrogens with zero attached hydrogens (tertiary/aromatic N) is 1. The highest BCUT2D eigenvalue weighted by Gasteiger charge is 2.12. The van der Waals surface area contributed by atoms with E-state index in [0.717, 1.165) is 12.2 Å². The Hall–Kier alpha value is -1.62. The van der Waals surface area contributed by atoms with Crippen molar-refractivity contribution in [3.8, 4) is 0 Å². The molecule has 0 aliphatic carbocycles. The second kappa shape index (κ2) is 5.14. The van der Waals surface area contributed by atoms with Gasteiger partial charge in [-0.1, -0.05) is 6.92 Å². The lowest BCUT2D eigenvalue weighted by molar-refractivity contribution is 0.0995. The second-order valence-corrected chi connectivity index (χ2v) is 4.17. The number of carbonyl (C=O) groups is 1. The number of nitrogens with one attached hydrogen (secondary N) is 1. The van der Waals surface area contributed by atoms with Crippen molar-refractivity contribution in [3.05, 3.63) is 46.6 Å². The highest BCUT2D eigenvalue weighted by Crippen LogP contribution is 2.19. The molecule has 88 valence electrons. The molecule has 1 N–H and O–H groups in total. The van der Waals surface area contributed by atoms with E-state index in [1.54, 1.807) is 30.5 Å². The van der Waals surface area contributed by atoms with Crippen LogP contribution in [0.4, 0.5) is 5.69 Å². The number of pyridine rings is 1. The minimum absolute atomic E-state index is 0.279. The van der Waals surface area contributed by atoms with E-state index in [9.17, 15) is 4.79 Å². The Kier molecular flexibility index (Phi) is 3.58. The number of furan rings is 1. The molecule has 0 radical (unpaired) electrons. The van der Waals surface area contributed by atoms with E-state index in [-0.39, 0.29) is 5.91 Å². The van der Waals surface area contributed by atoms with Gasteiger partial charge >= 0.3 is 0 Å². The lowest BCUT2D eigenvalue weighted by Gasteiger charge is -2.04. The molecule has 2 heterocycles. The predicted molar refractivity (Wildman–Crippen MR) is 68.0 cm³/mol. The van der Waals surface area contributed by atoms with Gasteiger partial charge in [0.2, 0.25) is 0 Å².